The van der Waals surface area contributed by atoms with E-state index in [1.807, 2.05) is 0 Å². The lowest BCUT2D eigenvalue weighted by atomic mass is 9.89. The van der Waals surface area contributed by atoms with E-state index in [0.717, 1.165) is 38.1 Å². The summed E-state index contributed by atoms with van der Waals surface area (Å²) in [5.41, 5.74) is 1.20. The fraction of sp³-hybridized carbons (Fsp3) is 0.875. The molecule has 0 saturated carbocycles. The number of nitrogens with zero attached hydrogens (tertiary/aromatic N) is 2. The molecule has 1 saturated heterocycles. The predicted molar refractivity (Wildman–Crippen MR) is 87.9 cm³/mol. The molecule has 0 aliphatic carbocycles. The van der Waals surface area contributed by atoms with Gasteiger partial charge in [-0.05, 0) is 50.2 Å². The minimum absolute atomic E-state index is 0.0539. The van der Waals surface area contributed by atoms with E-state index in [4.69, 9.17) is 4.74 Å². The van der Waals surface area contributed by atoms with Crippen LogP contribution in [0.25, 0.3) is 0 Å². The van der Waals surface area contributed by atoms with Crippen molar-refractivity contribution in [3.05, 3.63) is 10.6 Å². The van der Waals surface area contributed by atoms with E-state index in [2.05, 4.69) is 42.6 Å². The molecule has 21 heavy (non-hydrogen) atoms. The van der Waals surface area contributed by atoms with Gasteiger partial charge in [-0.15, -0.1) is 5.10 Å². The Morgan fingerprint density at radius 1 is 1.43 bits per heavy atom. The molecule has 2 rings (SSSR count). The van der Waals surface area contributed by atoms with Crippen molar-refractivity contribution in [2.45, 2.75) is 77.4 Å². The van der Waals surface area contributed by atoms with Gasteiger partial charge < -0.3 is 10.1 Å². The Kier molecular flexibility index (Phi) is 6.14. The van der Waals surface area contributed by atoms with Gasteiger partial charge in [-0.2, -0.15) is 0 Å². The maximum absolute atomic E-state index is 5.77. The number of hydrogen-bond acceptors (Lipinski definition) is 5. The van der Waals surface area contributed by atoms with E-state index in [-0.39, 0.29) is 5.41 Å². The van der Waals surface area contributed by atoms with Gasteiger partial charge in [0.15, 0.2) is 0 Å². The fourth-order valence-electron chi connectivity index (χ4n) is 2.81. The van der Waals surface area contributed by atoms with Gasteiger partial charge >= 0.3 is 0 Å². The summed E-state index contributed by atoms with van der Waals surface area (Å²) < 4.78 is 9.98. The summed E-state index contributed by atoms with van der Waals surface area (Å²) in [5.74, 6) is 0. The Balaban J connectivity index is 2.05. The lowest BCUT2D eigenvalue weighted by Gasteiger charge is -2.23. The van der Waals surface area contributed by atoms with E-state index in [1.54, 1.807) is 11.5 Å². The smallest absolute Gasteiger partial charge is 0.0857 e. The maximum Gasteiger partial charge on any atom is 0.0857 e. The Morgan fingerprint density at radius 3 is 2.86 bits per heavy atom. The summed E-state index contributed by atoms with van der Waals surface area (Å²) in [5, 5.41) is 8.08. The van der Waals surface area contributed by atoms with Gasteiger partial charge in [0.2, 0.25) is 0 Å². The molecule has 1 N–H and O–H groups in total. The molecule has 1 aliphatic rings. The molecule has 1 fully saturated rings. The molecule has 4 nitrogen and oxygen atoms in total. The van der Waals surface area contributed by atoms with Crippen molar-refractivity contribution in [1.82, 2.24) is 14.9 Å². The van der Waals surface area contributed by atoms with Crippen molar-refractivity contribution in [2.24, 2.45) is 0 Å². The molecule has 120 valence electrons. The van der Waals surface area contributed by atoms with E-state index in [1.165, 1.54) is 17.7 Å². The maximum atomic E-state index is 5.77. The monoisotopic (exact) mass is 311 g/mol. The Morgan fingerprint density at radius 2 is 2.24 bits per heavy atom. The second-order valence-electron chi connectivity index (χ2n) is 6.95. The van der Waals surface area contributed by atoms with Crippen LogP contribution < -0.4 is 5.32 Å². The van der Waals surface area contributed by atoms with Crippen molar-refractivity contribution >= 4 is 11.5 Å². The number of hydrogen-bond donors (Lipinski definition) is 1. The van der Waals surface area contributed by atoms with Gasteiger partial charge in [-0.3, -0.25) is 0 Å². The van der Waals surface area contributed by atoms with Crippen molar-refractivity contribution < 1.29 is 4.74 Å². The molecule has 0 amide bonds. The van der Waals surface area contributed by atoms with Gasteiger partial charge in [0.1, 0.15) is 0 Å². The van der Waals surface area contributed by atoms with Crippen LogP contribution in [0.4, 0.5) is 0 Å². The van der Waals surface area contributed by atoms with Crippen LogP contribution in [-0.2, 0) is 10.2 Å². The SMILES string of the molecule is CCCNC(CCC1CCCO1)c1snnc1C(C)(C)C. The lowest BCUT2D eigenvalue weighted by molar-refractivity contribution is 0.0996. The molecule has 0 radical (unpaired) electrons. The molecule has 2 unspecified atom stereocenters. The first-order chi connectivity index (χ1) is 10.0. The zero-order valence-corrected chi connectivity index (χ0v) is 14.6. The average molecular weight is 311 g/mol. The van der Waals surface area contributed by atoms with Crippen LogP contribution in [0.5, 0.6) is 0 Å². The van der Waals surface area contributed by atoms with Crippen LogP contribution in [0.1, 0.15) is 76.4 Å². The largest absolute Gasteiger partial charge is 0.378 e. The van der Waals surface area contributed by atoms with Crippen molar-refractivity contribution in [1.29, 1.82) is 0 Å². The van der Waals surface area contributed by atoms with Crippen LogP contribution >= 0.6 is 11.5 Å². The van der Waals surface area contributed by atoms with Crippen LogP contribution in [0.2, 0.25) is 0 Å². The Bertz CT molecular complexity index is 421. The van der Waals surface area contributed by atoms with Crippen molar-refractivity contribution in [2.75, 3.05) is 13.2 Å². The summed E-state index contributed by atoms with van der Waals surface area (Å²) in [7, 11) is 0. The number of ether oxygens (including phenoxy) is 1. The second-order valence-corrected chi connectivity index (χ2v) is 7.74. The third-order valence-corrected chi connectivity index (χ3v) is 4.82. The third kappa shape index (κ3) is 4.73. The Labute approximate surface area is 132 Å². The predicted octanol–water partition coefficient (Wildman–Crippen LogP) is 3.84. The molecular weight excluding hydrogens is 282 g/mol. The standard InChI is InChI=1S/C16H29N3OS/c1-5-10-17-13(9-8-12-7-6-11-20-12)14-15(16(2,3)4)18-19-21-14/h12-13,17H,5-11H2,1-4H3. The van der Waals surface area contributed by atoms with Crippen LogP contribution in [0, 0.1) is 0 Å². The molecule has 1 aromatic heterocycles. The minimum atomic E-state index is 0.0539. The van der Waals surface area contributed by atoms with Gasteiger partial charge in [0, 0.05) is 18.1 Å². The van der Waals surface area contributed by atoms with E-state index in [9.17, 15) is 0 Å². The highest BCUT2D eigenvalue weighted by Gasteiger charge is 2.28. The van der Waals surface area contributed by atoms with E-state index < -0.39 is 0 Å². The summed E-state index contributed by atoms with van der Waals surface area (Å²) in [6, 6.07) is 0.364. The molecule has 5 heteroatoms. The number of rotatable bonds is 7. The summed E-state index contributed by atoms with van der Waals surface area (Å²) in [6.45, 7) is 10.8. The molecule has 0 aromatic carbocycles. The number of nitrogens with one attached hydrogen (secondary N) is 1. The zero-order chi connectivity index (χ0) is 15.3. The van der Waals surface area contributed by atoms with E-state index >= 15 is 0 Å². The molecule has 0 spiro atoms. The summed E-state index contributed by atoms with van der Waals surface area (Å²) >= 11 is 1.55. The van der Waals surface area contributed by atoms with Gasteiger partial charge in [-0.1, -0.05) is 32.2 Å². The average Bonchev–Trinajstić information content (AvgIpc) is 3.09. The normalized spacial score (nSPS) is 20.9. The third-order valence-electron chi connectivity index (χ3n) is 3.98. The van der Waals surface area contributed by atoms with Gasteiger partial charge in [0.25, 0.3) is 0 Å². The topological polar surface area (TPSA) is 47.0 Å². The van der Waals surface area contributed by atoms with Crippen molar-refractivity contribution in [3.63, 3.8) is 0 Å². The highest BCUT2D eigenvalue weighted by atomic mass is 32.1. The van der Waals surface area contributed by atoms with Crippen LogP contribution in [0.15, 0.2) is 0 Å². The highest BCUT2D eigenvalue weighted by molar-refractivity contribution is 7.05. The van der Waals surface area contributed by atoms with Crippen molar-refractivity contribution in [3.8, 4) is 0 Å². The lowest BCUT2D eigenvalue weighted by Crippen LogP contribution is -2.26. The minimum Gasteiger partial charge on any atom is -0.378 e. The molecular formula is C16H29N3OS. The van der Waals surface area contributed by atoms with Gasteiger partial charge in [0.05, 0.1) is 16.7 Å². The number of aromatic nitrogens is 2. The fourth-order valence-corrected chi connectivity index (χ4v) is 3.79. The second kappa shape index (κ2) is 7.65. The summed E-state index contributed by atoms with van der Waals surface area (Å²) in [6.07, 6.45) is 6.27. The highest BCUT2D eigenvalue weighted by Crippen LogP contribution is 2.33. The Hall–Kier alpha value is -0.520. The van der Waals surface area contributed by atoms with Gasteiger partial charge in [-0.25, -0.2) is 0 Å². The van der Waals surface area contributed by atoms with Crippen LogP contribution in [0.3, 0.4) is 0 Å². The first kappa shape index (κ1) is 16.8. The molecule has 0 bridgehead atoms. The summed E-state index contributed by atoms with van der Waals surface area (Å²) in [4.78, 5) is 1.31. The first-order valence-electron chi connectivity index (χ1n) is 8.20. The molecule has 1 aliphatic heterocycles. The molecule has 2 heterocycles. The van der Waals surface area contributed by atoms with E-state index in [0.29, 0.717) is 12.1 Å². The quantitative estimate of drug-likeness (QED) is 0.831. The molecule has 2 atom stereocenters. The first-order valence-corrected chi connectivity index (χ1v) is 8.97. The molecule has 1 aromatic rings. The van der Waals surface area contributed by atoms with Crippen LogP contribution in [-0.4, -0.2) is 28.8 Å². The zero-order valence-electron chi connectivity index (χ0n) is 13.8.